The van der Waals surface area contributed by atoms with Gasteiger partial charge in [0, 0.05) is 38.0 Å². The van der Waals surface area contributed by atoms with Crippen molar-refractivity contribution in [1.29, 1.82) is 0 Å². The van der Waals surface area contributed by atoms with Crippen LogP contribution >= 0.6 is 0 Å². The summed E-state index contributed by atoms with van der Waals surface area (Å²) in [4.78, 5) is 2.38. The molecule has 12 aromatic rings. The van der Waals surface area contributed by atoms with Gasteiger partial charge in [0.15, 0.2) is 0 Å². The Morgan fingerprint density at radius 1 is 0.333 bits per heavy atom. The van der Waals surface area contributed by atoms with Gasteiger partial charge in [-0.3, -0.25) is 0 Å². The van der Waals surface area contributed by atoms with Crippen molar-refractivity contribution in [3.05, 3.63) is 176 Å². The minimum atomic E-state index is 0.839. The summed E-state index contributed by atoms with van der Waals surface area (Å²) < 4.78 is 19.8. The molecule has 4 heteroatoms. The largest absolute Gasteiger partial charge is 0.456 e. The zero-order valence-corrected chi connectivity index (χ0v) is 28.9. The first-order valence-electron chi connectivity index (χ1n) is 18.3. The molecule has 0 aliphatic heterocycles. The highest BCUT2D eigenvalue weighted by atomic mass is 16.3. The molecular weight excluding hydrogens is 663 g/mol. The van der Waals surface area contributed by atoms with Gasteiger partial charge in [0.1, 0.15) is 33.5 Å². The molecule has 12 rings (SSSR count). The number of rotatable bonds is 4. The summed E-state index contributed by atoms with van der Waals surface area (Å²) in [7, 11) is 0. The van der Waals surface area contributed by atoms with Gasteiger partial charge in [-0.2, -0.15) is 0 Å². The molecule has 0 aliphatic rings. The summed E-state index contributed by atoms with van der Waals surface area (Å²) in [6.07, 6.45) is 0. The zero-order chi connectivity index (χ0) is 35.3. The first-order valence-corrected chi connectivity index (χ1v) is 18.3. The molecule has 0 bridgehead atoms. The third-order valence-corrected chi connectivity index (χ3v) is 11.0. The van der Waals surface area contributed by atoms with Crippen molar-refractivity contribution in [1.82, 2.24) is 0 Å². The third kappa shape index (κ3) is 4.13. The van der Waals surface area contributed by atoms with Crippen molar-refractivity contribution in [2.75, 3.05) is 4.90 Å². The maximum Gasteiger partial charge on any atom is 0.143 e. The van der Waals surface area contributed by atoms with E-state index >= 15 is 0 Å². The summed E-state index contributed by atoms with van der Waals surface area (Å²) in [5.74, 6) is 0. The maximum atomic E-state index is 6.72. The van der Waals surface area contributed by atoms with Gasteiger partial charge in [-0.15, -0.1) is 0 Å². The van der Waals surface area contributed by atoms with E-state index in [0.29, 0.717) is 0 Å². The summed E-state index contributed by atoms with van der Waals surface area (Å²) in [6.45, 7) is 0. The Kier molecular flexibility index (Phi) is 6.02. The van der Waals surface area contributed by atoms with Crippen LogP contribution in [-0.4, -0.2) is 0 Å². The Bertz CT molecular complexity index is 3470. The number of para-hydroxylation sites is 1. The Morgan fingerprint density at radius 3 is 1.56 bits per heavy atom. The van der Waals surface area contributed by atoms with Crippen molar-refractivity contribution in [2.45, 2.75) is 0 Å². The van der Waals surface area contributed by atoms with Gasteiger partial charge < -0.3 is 18.2 Å². The molecule has 54 heavy (non-hydrogen) atoms. The number of hydrogen-bond acceptors (Lipinski definition) is 4. The van der Waals surface area contributed by atoms with Crippen molar-refractivity contribution >= 4 is 104 Å². The number of anilines is 3. The van der Waals surface area contributed by atoms with Gasteiger partial charge in [0.2, 0.25) is 0 Å². The van der Waals surface area contributed by atoms with Crippen molar-refractivity contribution in [3.63, 3.8) is 0 Å². The third-order valence-electron chi connectivity index (χ3n) is 11.0. The van der Waals surface area contributed by atoms with Crippen molar-refractivity contribution in [2.24, 2.45) is 0 Å². The number of nitrogens with zero attached hydrogens (tertiary/aromatic N) is 1. The van der Waals surface area contributed by atoms with Crippen LogP contribution in [0, 0.1) is 0 Å². The molecule has 0 saturated heterocycles. The SMILES string of the molecule is c1cc(-c2cccc3oc4c5ccccc5ccc4c23)cc(N(c2cccc3oc4ccccc4c23)c2cccc3oc4c5ccccc5ccc4c23)c1. The van der Waals surface area contributed by atoms with E-state index in [2.05, 4.69) is 169 Å². The fraction of sp³-hybridized carbons (Fsp3) is 0. The molecule has 4 nitrogen and oxygen atoms in total. The van der Waals surface area contributed by atoms with Gasteiger partial charge in [-0.1, -0.05) is 115 Å². The highest BCUT2D eigenvalue weighted by Gasteiger charge is 2.24. The minimum absolute atomic E-state index is 0.839. The first kappa shape index (κ1) is 29.3. The molecule has 3 heterocycles. The van der Waals surface area contributed by atoms with Gasteiger partial charge in [-0.05, 0) is 82.6 Å². The molecule has 0 spiro atoms. The molecule has 0 unspecified atom stereocenters. The lowest BCUT2D eigenvalue weighted by molar-refractivity contribution is 0.669. The Morgan fingerprint density at radius 2 is 0.852 bits per heavy atom. The number of hydrogen-bond donors (Lipinski definition) is 0. The Labute approximate surface area is 308 Å². The molecule has 0 N–H and O–H groups in total. The predicted molar refractivity (Wildman–Crippen MR) is 223 cm³/mol. The summed E-state index contributed by atoms with van der Waals surface area (Å²) >= 11 is 0. The fourth-order valence-corrected chi connectivity index (χ4v) is 8.68. The smallest absolute Gasteiger partial charge is 0.143 e. The second-order valence-electron chi connectivity index (χ2n) is 14.0. The number of furan rings is 3. The molecule has 252 valence electrons. The molecule has 0 saturated carbocycles. The summed E-state index contributed by atoms with van der Waals surface area (Å²) in [5.41, 5.74) is 10.5. The molecular formula is C50H29NO3. The van der Waals surface area contributed by atoms with Crippen molar-refractivity contribution < 1.29 is 13.3 Å². The van der Waals surface area contributed by atoms with Crippen LogP contribution in [0.1, 0.15) is 0 Å². The van der Waals surface area contributed by atoms with E-state index < -0.39 is 0 Å². The maximum absolute atomic E-state index is 6.72. The van der Waals surface area contributed by atoms with Gasteiger partial charge >= 0.3 is 0 Å². The van der Waals surface area contributed by atoms with E-state index in [-0.39, 0.29) is 0 Å². The van der Waals surface area contributed by atoms with Crippen LogP contribution in [0.5, 0.6) is 0 Å². The van der Waals surface area contributed by atoms with E-state index in [0.717, 1.165) is 116 Å². The van der Waals surface area contributed by atoms with E-state index in [4.69, 9.17) is 13.3 Å². The molecule has 9 aromatic carbocycles. The second kappa shape index (κ2) is 11.1. The van der Waals surface area contributed by atoms with Crippen LogP contribution in [0.4, 0.5) is 17.1 Å². The van der Waals surface area contributed by atoms with Gasteiger partial charge in [0.05, 0.1) is 22.1 Å². The topological polar surface area (TPSA) is 42.7 Å². The number of benzene rings is 9. The molecule has 0 atom stereocenters. The average Bonchev–Trinajstić information content (AvgIpc) is 3.93. The lowest BCUT2D eigenvalue weighted by Crippen LogP contribution is -2.11. The summed E-state index contributed by atoms with van der Waals surface area (Å²) in [6, 6.07) is 61.8. The minimum Gasteiger partial charge on any atom is -0.456 e. The van der Waals surface area contributed by atoms with E-state index in [1.54, 1.807) is 0 Å². The van der Waals surface area contributed by atoms with Crippen LogP contribution in [0.2, 0.25) is 0 Å². The lowest BCUT2D eigenvalue weighted by atomic mass is 9.97. The quantitative estimate of drug-likeness (QED) is 0.184. The Balaban J connectivity index is 1.15. The lowest BCUT2D eigenvalue weighted by Gasteiger charge is -2.27. The fourth-order valence-electron chi connectivity index (χ4n) is 8.68. The standard InChI is InChI=1S/C50H29NO3/c1-3-15-35-30(11-1)25-27-38-46-34(18-8-22-43(46)53-49(35)38)32-13-7-14-33(29-32)51(40-19-9-23-44-47(40)37-17-5-6-21-42(37)52-44)41-20-10-24-45-48(41)39-28-26-31-12-2-4-16-36(31)50(39)54-45/h1-29H. The van der Waals surface area contributed by atoms with Gasteiger partial charge in [-0.25, -0.2) is 0 Å². The van der Waals surface area contributed by atoms with Crippen LogP contribution in [0.3, 0.4) is 0 Å². The van der Waals surface area contributed by atoms with Crippen LogP contribution in [0.15, 0.2) is 189 Å². The molecule has 0 aliphatic carbocycles. The molecule has 0 fully saturated rings. The van der Waals surface area contributed by atoms with E-state index in [9.17, 15) is 0 Å². The van der Waals surface area contributed by atoms with E-state index in [1.165, 1.54) is 0 Å². The van der Waals surface area contributed by atoms with Crippen LogP contribution < -0.4 is 4.90 Å². The Hall–Kier alpha value is -7.30. The number of fused-ring (bicyclic) bond motifs is 13. The molecule has 0 amide bonds. The van der Waals surface area contributed by atoms with E-state index in [1.807, 2.05) is 12.1 Å². The summed E-state index contributed by atoms with van der Waals surface area (Å²) in [5, 5.41) is 11.0. The second-order valence-corrected chi connectivity index (χ2v) is 14.0. The highest BCUT2D eigenvalue weighted by molar-refractivity contribution is 6.22. The average molecular weight is 692 g/mol. The highest BCUT2D eigenvalue weighted by Crippen LogP contribution is 2.48. The monoisotopic (exact) mass is 691 g/mol. The normalized spacial score (nSPS) is 12.1. The molecule has 0 radical (unpaired) electrons. The van der Waals surface area contributed by atoms with Gasteiger partial charge in [0.25, 0.3) is 0 Å². The predicted octanol–water partition coefficient (Wildman–Crippen LogP) is 14.8. The molecule has 3 aromatic heterocycles. The first-order chi connectivity index (χ1) is 26.8. The van der Waals surface area contributed by atoms with Crippen molar-refractivity contribution in [3.8, 4) is 11.1 Å². The van der Waals surface area contributed by atoms with Crippen LogP contribution in [-0.2, 0) is 0 Å². The van der Waals surface area contributed by atoms with Crippen LogP contribution in [0.25, 0.3) is 98.5 Å². The zero-order valence-electron chi connectivity index (χ0n) is 28.9.